The number of hydrogen-bond donors (Lipinski definition) is 1. The molecule has 30 heavy (non-hydrogen) atoms. The molecule has 2 aromatic carbocycles. The lowest BCUT2D eigenvalue weighted by atomic mass is 10.1. The Morgan fingerprint density at radius 3 is 2.43 bits per heavy atom. The van der Waals surface area contributed by atoms with Gasteiger partial charge in [-0.3, -0.25) is 9.59 Å². The second-order valence-electron chi connectivity index (χ2n) is 7.23. The van der Waals surface area contributed by atoms with Crippen molar-refractivity contribution in [3.8, 4) is 0 Å². The molecule has 0 aromatic heterocycles. The molecule has 0 bridgehead atoms. The van der Waals surface area contributed by atoms with Crippen LogP contribution < -0.4 is 5.32 Å². The maximum Gasteiger partial charge on any atom is 0.242 e. The summed E-state index contributed by atoms with van der Waals surface area (Å²) in [5, 5.41) is 3.57. The van der Waals surface area contributed by atoms with Gasteiger partial charge in [-0.1, -0.05) is 48.9 Å². The lowest BCUT2D eigenvalue weighted by molar-refractivity contribution is -0.139. The topological polar surface area (TPSA) is 49.4 Å². The molecule has 2 rings (SSSR count). The zero-order valence-corrected chi connectivity index (χ0v) is 19.1. The lowest BCUT2D eigenvalue weighted by Crippen LogP contribution is -2.50. The third-order valence-corrected chi connectivity index (χ3v) is 6.11. The van der Waals surface area contributed by atoms with Crippen molar-refractivity contribution in [3.63, 3.8) is 0 Å². The molecular weight excluding hydrogens is 423 g/mol. The maximum absolute atomic E-state index is 14.2. The third kappa shape index (κ3) is 7.33. The van der Waals surface area contributed by atoms with Crippen molar-refractivity contribution in [1.29, 1.82) is 0 Å². The quantitative estimate of drug-likeness (QED) is 0.551. The molecule has 0 spiro atoms. The largest absolute Gasteiger partial charge is 0.352 e. The summed E-state index contributed by atoms with van der Waals surface area (Å²) in [5.74, 6) is 0.00136. The van der Waals surface area contributed by atoms with Crippen LogP contribution in [0.2, 0.25) is 5.02 Å². The number of nitrogens with zero attached hydrogens (tertiary/aromatic N) is 1. The second kappa shape index (κ2) is 12.0. The monoisotopic (exact) mass is 450 g/mol. The summed E-state index contributed by atoms with van der Waals surface area (Å²) in [6, 6.07) is 13.1. The molecule has 2 aromatic rings. The van der Waals surface area contributed by atoms with Crippen molar-refractivity contribution < 1.29 is 14.0 Å². The van der Waals surface area contributed by atoms with Crippen LogP contribution in [0.5, 0.6) is 0 Å². The summed E-state index contributed by atoms with van der Waals surface area (Å²) in [7, 11) is 0. The van der Waals surface area contributed by atoms with Gasteiger partial charge in [-0.05, 0) is 44.0 Å². The number of amides is 2. The summed E-state index contributed by atoms with van der Waals surface area (Å²) in [5.41, 5.74) is 1.44. The van der Waals surface area contributed by atoms with Crippen molar-refractivity contribution in [1.82, 2.24) is 10.2 Å². The third-order valence-electron chi connectivity index (χ3n) is 4.87. The van der Waals surface area contributed by atoms with Gasteiger partial charge in [-0.15, -0.1) is 11.8 Å². The van der Waals surface area contributed by atoms with Gasteiger partial charge in [0.05, 0.1) is 5.75 Å². The van der Waals surface area contributed by atoms with Crippen LogP contribution in [-0.4, -0.2) is 34.6 Å². The van der Waals surface area contributed by atoms with E-state index in [9.17, 15) is 14.0 Å². The van der Waals surface area contributed by atoms with E-state index in [1.165, 1.54) is 22.7 Å². The number of rotatable bonds is 10. The first kappa shape index (κ1) is 24.2. The van der Waals surface area contributed by atoms with E-state index in [2.05, 4.69) is 5.32 Å². The number of nitrogens with one attached hydrogen (secondary N) is 1. The van der Waals surface area contributed by atoms with Crippen LogP contribution in [0.15, 0.2) is 48.5 Å². The maximum atomic E-state index is 14.2. The van der Waals surface area contributed by atoms with Gasteiger partial charge in [0.2, 0.25) is 11.8 Å². The van der Waals surface area contributed by atoms with Gasteiger partial charge in [0.25, 0.3) is 0 Å². The normalized spacial score (nSPS) is 12.8. The number of halogens is 2. The fourth-order valence-electron chi connectivity index (χ4n) is 2.78. The minimum atomic E-state index is -0.706. The van der Waals surface area contributed by atoms with Crippen molar-refractivity contribution in [2.75, 3.05) is 5.75 Å². The standard InChI is InChI=1S/C23H28ClFN2O2S/c1-4-16(2)26-23(29)17(3)27(13-19-7-5-6-8-21(19)25)22(28)15-30-14-18-9-11-20(24)12-10-18/h5-12,16-17H,4,13-15H2,1-3H3,(H,26,29)/t16-,17-/m0/s1. The van der Waals surface area contributed by atoms with Crippen molar-refractivity contribution in [3.05, 3.63) is 70.5 Å². The van der Waals surface area contributed by atoms with E-state index >= 15 is 0 Å². The van der Waals surface area contributed by atoms with E-state index in [-0.39, 0.29) is 30.2 Å². The Hall–Kier alpha value is -2.05. The molecule has 2 atom stereocenters. The van der Waals surface area contributed by atoms with Crippen molar-refractivity contribution in [2.24, 2.45) is 0 Å². The molecule has 0 saturated heterocycles. The van der Waals surface area contributed by atoms with Crippen LogP contribution in [0.4, 0.5) is 4.39 Å². The van der Waals surface area contributed by atoms with E-state index in [0.29, 0.717) is 16.3 Å². The lowest BCUT2D eigenvalue weighted by Gasteiger charge is -2.29. The van der Waals surface area contributed by atoms with Gasteiger partial charge in [0.1, 0.15) is 11.9 Å². The van der Waals surface area contributed by atoms with E-state index in [4.69, 9.17) is 11.6 Å². The Morgan fingerprint density at radius 2 is 1.80 bits per heavy atom. The number of carbonyl (C=O) groups is 2. The molecule has 0 aliphatic heterocycles. The summed E-state index contributed by atoms with van der Waals surface area (Å²) < 4.78 is 14.2. The molecule has 0 heterocycles. The van der Waals surface area contributed by atoms with Crippen LogP contribution in [-0.2, 0) is 21.9 Å². The fraction of sp³-hybridized carbons (Fsp3) is 0.391. The first-order valence-corrected chi connectivity index (χ1v) is 11.5. The molecule has 7 heteroatoms. The summed E-state index contributed by atoms with van der Waals surface area (Å²) in [4.78, 5) is 27.1. The molecule has 162 valence electrons. The molecule has 0 aliphatic rings. The predicted octanol–water partition coefficient (Wildman–Crippen LogP) is 5.04. The Labute approximate surface area is 187 Å². The zero-order chi connectivity index (χ0) is 22.1. The van der Waals surface area contributed by atoms with Gasteiger partial charge in [0, 0.05) is 28.9 Å². The van der Waals surface area contributed by atoms with E-state index < -0.39 is 11.9 Å². The van der Waals surface area contributed by atoms with Gasteiger partial charge < -0.3 is 10.2 Å². The average molecular weight is 451 g/mol. The van der Waals surface area contributed by atoms with Crippen LogP contribution in [0, 0.1) is 5.82 Å². The second-order valence-corrected chi connectivity index (χ2v) is 8.65. The SMILES string of the molecule is CC[C@H](C)NC(=O)[C@H](C)N(Cc1ccccc1F)C(=O)CSCc1ccc(Cl)cc1. The van der Waals surface area contributed by atoms with Crippen LogP contribution in [0.3, 0.4) is 0 Å². The Balaban J connectivity index is 2.08. The molecule has 1 N–H and O–H groups in total. The molecular formula is C23H28ClFN2O2S. The summed E-state index contributed by atoms with van der Waals surface area (Å²) >= 11 is 7.35. The molecule has 0 saturated carbocycles. The number of thioether (sulfide) groups is 1. The van der Waals surface area contributed by atoms with Gasteiger partial charge >= 0.3 is 0 Å². The van der Waals surface area contributed by atoms with E-state index in [1.54, 1.807) is 25.1 Å². The molecule has 0 aliphatic carbocycles. The Bertz CT molecular complexity index is 847. The highest BCUT2D eigenvalue weighted by molar-refractivity contribution is 7.99. The Morgan fingerprint density at radius 1 is 1.13 bits per heavy atom. The first-order valence-electron chi connectivity index (χ1n) is 9.97. The summed E-state index contributed by atoms with van der Waals surface area (Å²) in [6.07, 6.45) is 0.788. The molecule has 2 amide bonds. The number of hydrogen-bond acceptors (Lipinski definition) is 3. The summed E-state index contributed by atoms with van der Waals surface area (Å²) in [6.45, 7) is 5.61. The minimum Gasteiger partial charge on any atom is -0.352 e. The van der Waals surface area contributed by atoms with Crippen molar-refractivity contribution >= 4 is 35.2 Å². The minimum absolute atomic E-state index is 0.00430. The smallest absolute Gasteiger partial charge is 0.242 e. The zero-order valence-electron chi connectivity index (χ0n) is 17.5. The number of benzene rings is 2. The predicted molar refractivity (Wildman–Crippen MR) is 122 cm³/mol. The van der Waals surface area contributed by atoms with Crippen LogP contribution in [0.25, 0.3) is 0 Å². The number of carbonyl (C=O) groups excluding carboxylic acids is 2. The van der Waals surface area contributed by atoms with E-state index in [0.717, 1.165) is 12.0 Å². The molecule has 0 radical (unpaired) electrons. The van der Waals surface area contributed by atoms with Crippen LogP contribution in [0.1, 0.15) is 38.3 Å². The van der Waals surface area contributed by atoms with E-state index in [1.807, 2.05) is 38.1 Å². The van der Waals surface area contributed by atoms with Crippen molar-refractivity contribution in [2.45, 2.75) is 51.6 Å². The molecule has 4 nitrogen and oxygen atoms in total. The average Bonchev–Trinajstić information content (AvgIpc) is 2.73. The highest BCUT2D eigenvalue weighted by Gasteiger charge is 2.27. The van der Waals surface area contributed by atoms with Gasteiger partial charge in [0.15, 0.2) is 0 Å². The first-order chi connectivity index (χ1) is 14.3. The Kier molecular flexibility index (Phi) is 9.66. The molecule has 0 fully saturated rings. The van der Waals surface area contributed by atoms with Gasteiger partial charge in [-0.2, -0.15) is 0 Å². The fourth-order valence-corrected chi connectivity index (χ4v) is 3.77. The van der Waals surface area contributed by atoms with Crippen LogP contribution >= 0.6 is 23.4 Å². The van der Waals surface area contributed by atoms with Gasteiger partial charge in [-0.25, -0.2) is 4.39 Å². The highest BCUT2D eigenvalue weighted by Crippen LogP contribution is 2.18. The highest BCUT2D eigenvalue weighted by atomic mass is 35.5. The molecule has 0 unspecified atom stereocenters.